The van der Waals surface area contributed by atoms with E-state index in [1.807, 2.05) is 66.1 Å². The number of hydrogen-bond donors (Lipinski definition) is 1. The number of amides is 1. The average molecular weight is 341 g/mol. The molecule has 0 aliphatic heterocycles. The number of pyridine rings is 1. The van der Waals surface area contributed by atoms with Crippen LogP contribution in [-0.4, -0.2) is 25.3 Å². The molecule has 1 amide bonds. The van der Waals surface area contributed by atoms with Gasteiger partial charge in [0.1, 0.15) is 5.65 Å². The number of aryl methyl sites for hydroxylation is 1. The minimum Gasteiger partial charge on any atom is -0.326 e. The minimum atomic E-state index is -1.12. The fraction of sp³-hybridized carbons (Fsp3) is 0.222. The first kappa shape index (κ1) is 16.4. The molecule has 3 aromatic rings. The Morgan fingerprint density at radius 1 is 1.17 bits per heavy atom. The number of fused-ring (bicyclic) bond motifs is 1. The molecule has 2 heterocycles. The van der Waals surface area contributed by atoms with Crippen molar-refractivity contribution >= 4 is 28.0 Å². The molecule has 0 aliphatic carbocycles. The van der Waals surface area contributed by atoms with Crippen molar-refractivity contribution in [2.24, 2.45) is 0 Å². The zero-order valence-corrected chi connectivity index (χ0v) is 14.3. The van der Waals surface area contributed by atoms with Gasteiger partial charge < -0.3 is 9.72 Å². The molecule has 0 unspecified atom stereocenters. The zero-order valence-electron chi connectivity index (χ0n) is 13.4. The molecule has 0 fully saturated rings. The Balaban J connectivity index is 1.53. The number of benzene rings is 1. The monoisotopic (exact) mass is 341 g/mol. The number of carbonyl (C=O) groups is 1. The Hall–Kier alpha value is -2.47. The number of hydrogen-bond acceptors (Lipinski definition) is 3. The summed E-state index contributed by atoms with van der Waals surface area (Å²) in [5, 5.41) is 2.80. The second-order valence-corrected chi connectivity index (χ2v) is 7.16. The third kappa shape index (κ3) is 4.08. The summed E-state index contributed by atoms with van der Waals surface area (Å²) in [6, 6.07) is 15.1. The molecule has 6 heteroatoms. The Kier molecular flexibility index (Phi) is 5.05. The van der Waals surface area contributed by atoms with E-state index in [0.29, 0.717) is 11.5 Å². The molecule has 0 aliphatic rings. The molecule has 0 radical (unpaired) electrons. The molecular weight excluding hydrogens is 322 g/mol. The lowest BCUT2D eigenvalue weighted by Crippen LogP contribution is -2.15. The van der Waals surface area contributed by atoms with E-state index < -0.39 is 10.8 Å². The maximum Gasteiger partial charge on any atom is 0.225 e. The molecule has 0 bridgehead atoms. The first-order valence-electron chi connectivity index (χ1n) is 7.75. The van der Waals surface area contributed by atoms with E-state index in [1.54, 1.807) is 0 Å². The maximum absolute atomic E-state index is 12.2. The van der Waals surface area contributed by atoms with E-state index in [0.717, 1.165) is 22.7 Å². The second kappa shape index (κ2) is 7.40. The van der Waals surface area contributed by atoms with Gasteiger partial charge in [0.25, 0.3) is 0 Å². The van der Waals surface area contributed by atoms with E-state index >= 15 is 0 Å². The van der Waals surface area contributed by atoms with E-state index in [9.17, 15) is 9.00 Å². The van der Waals surface area contributed by atoms with Gasteiger partial charge >= 0.3 is 0 Å². The zero-order chi connectivity index (χ0) is 16.9. The second-order valence-electron chi connectivity index (χ2n) is 5.58. The molecule has 124 valence electrons. The first-order chi connectivity index (χ1) is 11.6. The van der Waals surface area contributed by atoms with Crippen LogP contribution in [-0.2, 0) is 21.3 Å². The van der Waals surface area contributed by atoms with Gasteiger partial charge in [-0.25, -0.2) is 4.98 Å². The molecule has 1 atom stereocenters. The van der Waals surface area contributed by atoms with Crippen LogP contribution in [0.1, 0.15) is 17.8 Å². The van der Waals surface area contributed by atoms with Gasteiger partial charge in [-0.1, -0.05) is 24.3 Å². The number of rotatable bonds is 6. The average Bonchev–Trinajstić information content (AvgIpc) is 2.98. The van der Waals surface area contributed by atoms with E-state index in [4.69, 9.17) is 0 Å². The van der Waals surface area contributed by atoms with Crippen LogP contribution in [0, 0.1) is 6.92 Å². The summed E-state index contributed by atoms with van der Waals surface area (Å²) in [4.78, 5) is 16.4. The van der Waals surface area contributed by atoms with Crippen molar-refractivity contribution in [3.05, 3.63) is 66.1 Å². The van der Waals surface area contributed by atoms with Crippen molar-refractivity contribution in [1.29, 1.82) is 0 Å². The van der Waals surface area contributed by atoms with E-state index in [-0.39, 0.29) is 12.3 Å². The van der Waals surface area contributed by atoms with Gasteiger partial charge in [0, 0.05) is 40.6 Å². The lowest BCUT2D eigenvalue weighted by Gasteiger charge is -2.04. The molecule has 1 aromatic carbocycles. The van der Waals surface area contributed by atoms with Crippen LogP contribution >= 0.6 is 0 Å². The Labute approximate surface area is 143 Å². The summed E-state index contributed by atoms with van der Waals surface area (Å²) in [7, 11) is -1.12. The number of carbonyl (C=O) groups excluding carboxylic acids is 1. The first-order valence-corrected chi connectivity index (χ1v) is 9.24. The molecule has 1 N–H and O–H groups in total. The SMILES string of the molecule is Cc1cccc2nc(C[S@@](=O)CCC(=O)Nc3ccccc3)cn12. The Morgan fingerprint density at radius 3 is 2.71 bits per heavy atom. The largest absolute Gasteiger partial charge is 0.326 e. The van der Waals surface area contributed by atoms with Gasteiger partial charge in [0.15, 0.2) is 0 Å². The third-order valence-corrected chi connectivity index (χ3v) is 4.95. The molecular formula is C18H19N3O2S. The molecule has 5 nitrogen and oxygen atoms in total. The predicted molar refractivity (Wildman–Crippen MR) is 96.3 cm³/mol. The molecule has 0 saturated heterocycles. The third-order valence-electron chi connectivity index (χ3n) is 3.67. The normalized spacial score (nSPS) is 12.2. The van der Waals surface area contributed by atoms with Gasteiger partial charge in [0.05, 0.1) is 11.4 Å². The molecule has 24 heavy (non-hydrogen) atoms. The van der Waals surface area contributed by atoms with Crippen LogP contribution < -0.4 is 5.32 Å². The summed E-state index contributed by atoms with van der Waals surface area (Å²) in [6.45, 7) is 2.00. The standard InChI is InChI=1S/C18H19N3O2S/c1-14-6-5-9-17-19-16(12-21(14)17)13-24(23)11-10-18(22)20-15-7-3-2-4-8-15/h2-9,12H,10-11,13H2,1H3,(H,20,22)/t24-/m0/s1. The lowest BCUT2D eigenvalue weighted by molar-refractivity contribution is -0.115. The number of imidazole rings is 1. The summed E-state index contributed by atoms with van der Waals surface area (Å²) >= 11 is 0. The number of aromatic nitrogens is 2. The highest BCUT2D eigenvalue weighted by molar-refractivity contribution is 7.84. The van der Waals surface area contributed by atoms with Crippen LogP contribution in [0.5, 0.6) is 0 Å². The summed E-state index contributed by atoms with van der Waals surface area (Å²) < 4.78 is 14.2. The number of anilines is 1. The topological polar surface area (TPSA) is 63.5 Å². The van der Waals surface area contributed by atoms with Gasteiger partial charge in [-0.3, -0.25) is 9.00 Å². The number of nitrogens with one attached hydrogen (secondary N) is 1. The van der Waals surface area contributed by atoms with Crippen LogP contribution in [0.25, 0.3) is 5.65 Å². The Morgan fingerprint density at radius 2 is 1.96 bits per heavy atom. The van der Waals surface area contributed by atoms with Crippen molar-refractivity contribution in [3.8, 4) is 0 Å². The van der Waals surface area contributed by atoms with E-state index in [2.05, 4.69) is 10.3 Å². The van der Waals surface area contributed by atoms with Crippen molar-refractivity contribution in [2.45, 2.75) is 19.1 Å². The van der Waals surface area contributed by atoms with Crippen molar-refractivity contribution in [2.75, 3.05) is 11.1 Å². The fourth-order valence-corrected chi connectivity index (χ4v) is 3.48. The van der Waals surface area contributed by atoms with Crippen LogP contribution in [0.3, 0.4) is 0 Å². The quantitative estimate of drug-likeness (QED) is 0.750. The molecule has 0 saturated carbocycles. The molecule has 0 spiro atoms. The van der Waals surface area contributed by atoms with Crippen molar-refractivity contribution < 1.29 is 9.00 Å². The number of para-hydroxylation sites is 1. The van der Waals surface area contributed by atoms with Crippen LogP contribution in [0.4, 0.5) is 5.69 Å². The summed E-state index contributed by atoms with van der Waals surface area (Å²) in [6.07, 6.45) is 2.14. The maximum atomic E-state index is 12.2. The minimum absolute atomic E-state index is 0.125. The highest BCUT2D eigenvalue weighted by Crippen LogP contribution is 2.11. The van der Waals surface area contributed by atoms with Gasteiger partial charge in [-0.15, -0.1) is 0 Å². The lowest BCUT2D eigenvalue weighted by atomic mass is 10.3. The fourth-order valence-electron chi connectivity index (χ4n) is 2.46. The highest BCUT2D eigenvalue weighted by atomic mass is 32.2. The summed E-state index contributed by atoms with van der Waals surface area (Å²) in [5.41, 5.74) is 3.47. The smallest absolute Gasteiger partial charge is 0.225 e. The molecule has 3 rings (SSSR count). The highest BCUT2D eigenvalue weighted by Gasteiger charge is 2.10. The van der Waals surface area contributed by atoms with Crippen molar-refractivity contribution in [3.63, 3.8) is 0 Å². The predicted octanol–water partition coefficient (Wildman–Crippen LogP) is 2.92. The van der Waals surface area contributed by atoms with Crippen LogP contribution in [0.15, 0.2) is 54.7 Å². The number of nitrogens with zero attached hydrogens (tertiary/aromatic N) is 2. The van der Waals surface area contributed by atoms with Crippen LogP contribution in [0.2, 0.25) is 0 Å². The van der Waals surface area contributed by atoms with Gasteiger partial charge in [-0.2, -0.15) is 0 Å². The van der Waals surface area contributed by atoms with Gasteiger partial charge in [0.2, 0.25) is 5.91 Å². The van der Waals surface area contributed by atoms with Crippen molar-refractivity contribution in [1.82, 2.24) is 9.38 Å². The summed E-state index contributed by atoms with van der Waals surface area (Å²) in [5.74, 6) is 0.561. The molecule has 2 aromatic heterocycles. The Bertz CT molecular complexity index is 874. The van der Waals surface area contributed by atoms with Gasteiger partial charge in [-0.05, 0) is 31.2 Å². The van der Waals surface area contributed by atoms with E-state index in [1.165, 1.54) is 0 Å².